The quantitative estimate of drug-likeness (QED) is 0.445. The normalized spacial score (nSPS) is 34.8. The summed E-state index contributed by atoms with van der Waals surface area (Å²) in [5.41, 5.74) is 1.72. The van der Waals surface area contributed by atoms with Crippen molar-refractivity contribution in [1.82, 2.24) is 10.3 Å². The zero-order chi connectivity index (χ0) is 21.0. The summed E-state index contributed by atoms with van der Waals surface area (Å²) in [6, 6.07) is 3.79. The van der Waals surface area contributed by atoms with E-state index in [2.05, 4.69) is 49.3 Å². The maximum Gasteiger partial charge on any atom is 0.247 e. The minimum absolute atomic E-state index is 0.0591. The highest BCUT2D eigenvalue weighted by Gasteiger charge is 2.44. The van der Waals surface area contributed by atoms with Crippen LogP contribution in [0.1, 0.15) is 39.7 Å². The number of rotatable bonds is 5. The highest BCUT2D eigenvalue weighted by atomic mass is 16.3. The van der Waals surface area contributed by atoms with Crippen LogP contribution in [0.4, 0.5) is 0 Å². The van der Waals surface area contributed by atoms with Crippen LogP contribution >= 0.6 is 0 Å². The number of pyridine rings is 1. The van der Waals surface area contributed by atoms with E-state index in [0.717, 1.165) is 12.0 Å². The topological polar surface area (TPSA) is 62.2 Å². The van der Waals surface area contributed by atoms with Gasteiger partial charge in [-0.15, -0.1) is 0 Å². The Labute approximate surface area is 174 Å². The molecule has 156 valence electrons. The lowest BCUT2D eigenvalue weighted by Gasteiger charge is -2.48. The molecule has 0 aliphatic heterocycles. The van der Waals surface area contributed by atoms with Crippen LogP contribution in [0.5, 0.6) is 0 Å². The first-order chi connectivity index (χ1) is 13.9. The number of aromatic nitrogens is 1. The molecule has 1 heterocycles. The molecule has 0 bridgehead atoms. The number of amides is 1. The first kappa shape index (κ1) is 21.5. The van der Waals surface area contributed by atoms with Gasteiger partial charge in [-0.2, -0.15) is 0 Å². The minimum atomic E-state index is -0.234. The lowest BCUT2D eigenvalue weighted by atomic mass is 9.58. The van der Waals surface area contributed by atoms with E-state index in [9.17, 15) is 9.90 Å². The van der Waals surface area contributed by atoms with Gasteiger partial charge in [-0.25, -0.2) is 0 Å². The molecule has 0 unspecified atom stereocenters. The van der Waals surface area contributed by atoms with Crippen molar-refractivity contribution >= 4 is 5.91 Å². The molecule has 4 heteroatoms. The van der Waals surface area contributed by atoms with Gasteiger partial charge in [0.25, 0.3) is 0 Å². The summed E-state index contributed by atoms with van der Waals surface area (Å²) in [6.07, 6.45) is 15.1. The predicted octanol–water partition coefficient (Wildman–Crippen LogP) is 4.29. The number of hydrogen-bond donors (Lipinski definition) is 2. The van der Waals surface area contributed by atoms with Crippen molar-refractivity contribution in [3.05, 3.63) is 66.0 Å². The SMILES string of the molecule is CC(=CC=C[C@@H]1[C@H]2[C@H](C)[C@@H](O)[C@H](C)C[C@@H]2C=C[C@@H]1C)C(=O)NCc1ccncc1. The molecule has 2 N–H and O–H groups in total. The second-order valence-electron chi connectivity index (χ2n) is 8.90. The van der Waals surface area contributed by atoms with Gasteiger partial charge in [0.1, 0.15) is 0 Å². The summed E-state index contributed by atoms with van der Waals surface area (Å²) >= 11 is 0. The molecule has 0 saturated heterocycles. The lowest BCUT2D eigenvalue weighted by Crippen LogP contribution is -2.46. The molecule has 7 atom stereocenters. The van der Waals surface area contributed by atoms with Gasteiger partial charge in [0.15, 0.2) is 0 Å². The van der Waals surface area contributed by atoms with E-state index in [4.69, 9.17) is 0 Å². The molecule has 0 radical (unpaired) electrons. The van der Waals surface area contributed by atoms with Crippen molar-refractivity contribution in [2.75, 3.05) is 0 Å². The Morgan fingerprint density at radius 1 is 1.24 bits per heavy atom. The summed E-state index contributed by atoms with van der Waals surface area (Å²) in [6.45, 7) is 8.94. The standard InChI is InChI=1S/C25H34N2O2/c1-16-8-9-21-14-18(3)24(28)19(4)23(21)22(16)7-5-6-17(2)25(29)27-15-20-10-12-26-13-11-20/h5-13,16,18-19,21-24,28H,14-15H2,1-4H3,(H,27,29)/t16-,18+,19-,21-,22-,23-,24-/m0/s1. The second kappa shape index (κ2) is 9.53. The third kappa shape index (κ3) is 5.05. The Kier molecular flexibility index (Phi) is 7.07. The highest BCUT2D eigenvalue weighted by Crippen LogP contribution is 2.48. The van der Waals surface area contributed by atoms with Crippen molar-refractivity contribution in [3.8, 4) is 0 Å². The van der Waals surface area contributed by atoms with Gasteiger partial charge in [-0.3, -0.25) is 9.78 Å². The van der Waals surface area contributed by atoms with Crippen molar-refractivity contribution in [1.29, 1.82) is 0 Å². The molecule has 1 saturated carbocycles. The summed E-state index contributed by atoms with van der Waals surface area (Å²) < 4.78 is 0. The molecular weight excluding hydrogens is 360 g/mol. The molecule has 1 aromatic rings. The number of hydrogen-bond acceptors (Lipinski definition) is 3. The molecule has 1 fully saturated rings. The zero-order valence-electron chi connectivity index (χ0n) is 18.0. The largest absolute Gasteiger partial charge is 0.393 e. The third-order valence-corrected chi connectivity index (χ3v) is 6.82. The maximum absolute atomic E-state index is 12.3. The zero-order valence-corrected chi connectivity index (χ0v) is 18.0. The Morgan fingerprint density at radius 2 is 1.97 bits per heavy atom. The molecule has 4 nitrogen and oxygen atoms in total. The average Bonchev–Trinajstić information content (AvgIpc) is 2.72. The maximum atomic E-state index is 12.3. The molecule has 0 aromatic carbocycles. The lowest BCUT2D eigenvalue weighted by molar-refractivity contribution is -0.117. The van der Waals surface area contributed by atoms with E-state index < -0.39 is 0 Å². The number of aliphatic hydroxyl groups excluding tert-OH is 1. The number of nitrogens with one attached hydrogen (secondary N) is 1. The fourth-order valence-electron chi connectivity index (χ4n) is 5.03. The van der Waals surface area contributed by atoms with Crippen molar-refractivity contribution in [2.24, 2.45) is 35.5 Å². The Hall–Kier alpha value is -2.20. The summed E-state index contributed by atoms with van der Waals surface area (Å²) in [7, 11) is 0. The highest BCUT2D eigenvalue weighted by molar-refractivity contribution is 5.93. The third-order valence-electron chi connectivity index (χ3n) is 6.82. The van der Waals surface area contributed by atoms with E-state index in [1.54, 1.807) is 12.4 Å². The monoisotopic (exact) mass is 394 g/mol. The van der Waals surface area contributed by atoms with Crippen LogP contribution in [0.2, 0.25) is 0 Å². The Bertz CT molecular complexity index is 783. The average molecular weight is 395 g/mol. The first-order valence-corrected chi connectivity index (χ1v) is 10.8. The molecule has 29 heavy (non-hydrogen) atoms. The van der Waals surface area contributed by atoms with E-state index in [0.29, 0.717) is 41.7 Å². The molecule has 2 aliphatic carbocycles. The van der Waals surface area contributed by atoms with Gasteiger partial charge in [0.2, 0.25) is 5.91 Å². The van der Waals surface area contributed by atoms with Gasteiger partial charge in [0.05, 0.1) is 6.10 Å². The number of aliphatic hydroxyl groups is 1. The fraction of sp³-hybridized carbons (Fsp3) is 0.520. The van der Waals surface area contributed by atoms with Crippen LogP contribution in [-0.4, -0.2) is 22.1 Å². The van der Waals surface area contributed by atoms with Gasteiger partial charge in [0, 0.05) is 24.5 Å². The van der Waals surface area contributed by atoms with Gasteiger partial charge in [-0.05, 0) is 66.5 Å². The molecule has 1 aromatic heterocycles. The summed E-state index contributed by atoms with van der Waals surface area (Å²) in [5, 5.41) is 13.6. The van der Waals surface area contributed by atoms with Gasteiger partial charge >= 0.3 is 0 Å². The molecule has 1 amide bonds. The second-order valence-corrected chi connectivity index (χ2v) is 8.90. The number of fused-ring (bicyclic) bond motifs is 1. The fourth-order valence-corrected chi connectivity index (χ4v) is 5.03. The predicted molar refractivity (Wildman–Crippen MR) is 117 cm³/mol. The summed E-state index contributed by atoms with van der Waals surface area (Å²) in [4.78, 5) is 16.3. The Balaban J connectivity index is 1.64. The van der Waals surface area contributed by atoms with Gasteiger partial charge < -0.3 is 10.4 Å². The van der Waals surface area contributed by atoms with Gasteiger partial charge in [-0.1, -0.05) is 51.2 Å². The van der Waals surface area contributed by atoms with Crippen LogP contribution in [0.3, 0.4) is 0 Å². The van der Waals surface area contributed by atoms with E-state index in [-0.39, 0.29) is 17.9 Å². The van der Waals surface area contributed by atoms with Crippen LogP contribution in [-0.2, 0) is 11.3 Å². The molecule has 3 rings (SSSR count). The first-order valence-electron chi connectivity index (χ1n) is 10.8. The smallest absolute Gasteiger partial charge is 0.247 e. The number of carbonyl (C=O) groups is 1. The van der Waals surface area contributed by atoms with Crippen molar-refractivity contribution in [2.45, 2.75) is 46.8 Å². The number of allylic oxidation sites excluding steroid dienone is 5. The van der Waals surface area contributed by atoms with Crippen LogP contribution in [0.25, 0.3) is 0 Å². The number of nitrogens with zero attached hydrogens (tertiary/aromatic N) is 1. The van der Waals surface area contributed by atoms with Crippen molar-refractivity contribution in [3.63, 3.8) is 0 Å². The molecule has 2 aliphatic rings. The van der Waals surface area contributed by atoms with E-state index in [1.165, 1.54) is 0 Å². The molecular formula is C25H34N2O2. The van der Waals surface area contributed by atoms with Crippen LogP contribution < -0.4 is 5.32 Å². The van der Waals surface area contributed by atoms with Crippen LogP contribution in [0.15, 0.2) is 60.5 Å². The summed E-state index contributed by atoms with van der Waals surface area (Å²) in [5.74, 6) is 2.36. The van der Waals surface area contributed by atoms with Crippen LogP contribution in [0, 0.1) is 35.5 Å². The van der Waals surface area contributed by atoms with Crippen molar-refractivity contribution < 1.29 is 9.90 Å². The Morgan fingerprint density at radius 3 is 2.69 bits per heavy atom. The minimum Gasteiger partial charge on any atom is -0.393 e. The number of carbonyl (C=O) groups excluding carboxylic acids is 1. The van der Waals surface area contributed by atoms with E-state index in [1.807, 2.05) is 31.2 Å². The van der Waals surface area contributed by atoms with E-state index >= 15 is 0 Å². The molecule has 0 spiro atoms.